The fraction of sp³-hybridized carbons (Fsp3) is 0.588. The van der Waals surface area contributed by atoms with E-state index in [2.05, 4.69) is 0 Å². The first-order chi connectivity index (χ1) is 9.02. The number of Topliss-reactive ketones (excluding diaryl/α,β-unsaturated/α-hetero) is 1. The van der Waals surface area contributed by atoms with E-state index < -0.39 is 5.41 Å². The highest BCUT2D eigenvalue weighted by molar-refractivity contribution is 5.98. The topological polar surface area (TPSA) is 57.9 Å². The molecule has 0 rings (SSSR count). The summed E-state index contributed by atoms with van der Waals surface area (Å²) < 4.78 is 0. The molecule has 0 unspecified atom stereocenters. The summed E-state index contributed by atoms with van der Waals surface area (Å²) in [6.07, 6.45) is 5.74. The molecule has 0 atom stereocenters. The zero-order valence-electron chi connectivity index (χ0n) is 13.4. The average Bonchev–Trinajstić information content (AvgIpc) is 2.33. The van der Waals surface area contributed by atoms with Crippen LogP contribution < -0.4 is 0 Å². The maximum absolute atomic E-state index is 12.0. The lowest BCUT2D eigenvalue weighted by Gasteiger charge is -2.21. The van der Waals surface area contributed by atoms with Crippen LogP contribution in [0.1, 0.15) is 54.4 Å². The normalized spacial score (nSPS) is 13.3. The first-order valence-corrected chi connectivity index (χ1v) is 6.84. The van der Waals surface area contributed by atoms with Gasteiger partial charge in [-0.25, -0.2) is 0 Å². The number of carbonyl (C=O) groups is 2. The molecule has 0 bridgehead atoms. The fourth-order valence-corrected chi connectivity index (χ4v) is 1.80. The maximum atomic E-state index is 12.0. The first kappa shape index (κ1) is 18.3. The number of ketones is 2. The third-order valence-electron chi connectivity index (χ3n) is 3.24. The monoisotopic (exact) mass is 275 g/mol. The molecule has 0 fully saturated rings. The van der Waals surface area contributed by atoms with Crippen LogP contribution in [0, 0.1) is 22.2 Å². The van der Waals surface area contributed by atoms with Crippen LogP contribution in [0.15, 0.2) is 23.8 Å². The smallest absolute Gasteiger partial charge is 0.163 e. The van der Waals surface area contributed by atoms with E-state index in [-0.39, 0.29) is 17.0 Å². The Morgan fingerprint density at radius 2 is 1.70 bits per heavy atom. The summed E-state index contributed by atoms with van der Waals surface area (Å²) in [4.78, 5) is 23.9. The highest BCUT2D eigenvalue weighted by Gasteiger charge is 2.25. The number of rotatable bonds is 6. The molecule has 0 radical (unpaired) electrons. The summed E-state index contributed by atoms with van der Waals surface area (Å²) in [5.74, 6) is 0.0678. The zero-order chi connectivity index (χ0) is 16.0. The Hall–Kier alpha value is -1.69. The SMILES string of the molecule is C/C(=C\CCC(C)(C)C(=O)/C=C\C#N)C(=O)C(C)(C)C. The molecule has 20 heavy (non-hydrogen) atoms. The van der Waals surface area contributed by atoms with E-state index in [0.717, 1.165) is 5.57 Å². The van der Waals surface area contributed by atoms with Crippen molar-refractivity contribution in [3.63, 3.8) is 0 Å². The van der Waals surface area contributed by atoms with Gasteiger partial charge < -0.3 is 0 Å². The Morgan fingerprint density at radius 3 is 2.15 bits per heavy atom. The van der Waals surface area contributed by atoms with E-state index >= 15 is 0 Å². The van der Waals surface area contributed by atoms with Crippen LogP contribution in [0.4, 0.5) is 0 Å². The Bertz CT molecular complexity index is 468. The minimum Gasteiger partial charge on any atom is -0.294 e. The highest BCUT2D eigenvalue weighted by atomic mass is 16.1. The van der Waals surface area contributed by atoms with Crippen molar-refractivity contribution in [3.8, 4) is 6.07 Å². The largest absolute Gasteiger partial charge is 0.294 e. The van der Waals surface area contributed by atoms with Crippen LogP contribution in [-0.4, -0.2) is 11.6 Å². The molecule has 3 nitrogen and oxygen atoms in total. The van der Waals surface area contributed by atoms with Gasteiger partial charge in [0.2, 0.25) is 0 Å². The van der Waals surface area contributed by atoms with Crippen LogP contribution in [0.25, 0.3) is 0 Å². The minimum atomic E-state index is -0.519. The molecule has 0 aromatic rings. The third kappa shape index (κ3) is 5.97. The van der Waals surface area contributed by atoms with Crippen molar-refractivity contribution in [2.24, 2.45) is 10.8 Å². The number of hydrogen-bond acceptors (Lipinski definition) is 3. The molecule has 0 aliphatic rings. The molecule has 0 spiro atoms. The van der Waals surface area contributed by atoms with Crippen LogP contribution in [0.3, 0.4) is 0 Å². The van der Waals surface area contributed by atoms with Gasteiger partial charge in [-0.3, -0.25) is 9.59 Å². The summed E-state index contributed by atoms with van der Waals surface area (Å²) in [6, 6.07) is 1.82. The minimum absolute atomic E-state index is 0.0627. The lowest BCUT2D eigenvalue weighted by molar-refractivity contribution is -0.122. The lowest BCUT2D eigenvalue weighted by Crippen LogP contribution is -2.23. The standard InChI is InChI=1S/C17H25NO2/c1-13(15(20)16(2,3)4)9-7-11-17(5,6)14(19)10-8-12-18/h8-10H,7,11H2,1-6H3/b10-8-,13-9+. The number of nitriles is 1. The molecule has 0 aromatic heterocycles. The van der Waals surface area contributed by atoms with E-state index in [4.69, 9.17) is 5.26 Å². The van der Waals surface area contributed by atoms with Crippen molar-refractivity contribution >= 4 is 11.6 Å². The van der Waals surface area contributed by atoms with Crippen molar-refractivity contribution in [1.82, 2.24) is 0 Å². The number of allylic oxidation sites excluding steroid dienone is 4. The van der Waals surface area contributed by atoms with Crippen molar-refractivity contribution in [2.75, 3.05) is 0 Å². The Balaban J connectivity index is 4.64. The van der Waals surface area contributed by atoms with Gasteiger partial charge in [-0.05, 0) is 31.4 Å². The van der Waals surface area contributed by atoms with Gasteiger partial charge in [-0.2, -0.15) is 5.26 Å². The van der Waals surface area contributed by atoms with E-state index in [0.29, 0.717) is 12.8 Å². The van der Waals surface area contributed by atoms with Gasteiger partial charge in [-0.1, -0.05) is 40.7 Å². The van der Waals surface area contributed by atoms with E-state index in [1.807, 2.05) is 53.7 Å². The zero-order valence-corrected chi connectivity index (χ0v) is 13.4. The molecule has 0 N–H and O–H groups in total. The molecular weight excluding hydrogens is 250 g/mol. The lowest BCUT2D eigenvalue weighted by atomic mass is 9.82. The number of nitrogens with zero attached hydrogens (tertiary/aromatic N) is 1. The predicted octanol–water partition coefficient (Wildman–Crippen LogP) is 4.00. The van der Waals surface area contributed by atoms with Gasteiger partial charge in [-0.15, -0.1) is 0 Å². The van der Waals surface area contributed by atoms with Gasteiger partial charge in [0.25, 0.3) is 0 Å². The van der Waals surface area contributed by atoms with E-state index in [1.165, 1.54) is 12.2 Å². The van der Waals surface area contributed by atoms with Crippen LogP contribution in [0.2, 0.25) is 0 Å². The first-order valence-electron chi connectivity index (χ1n) is 6.84. The van der Waals surface area contributed by atoms with Crippen molar-refractivity contribution in [2.45, 2.75) is 54.4 Å². The second-order valence-electron chi connectivity index (χ2n) is 6.72. The summed E-state index contributed by atoms with van der Waals surface area (Å²) in [5, 5.41) is 8.43. The Kier molecular flexibility index (Phi) is 6.58. The Labute approximate surface area is 122 Å². The van der Waals surface area contributed by atoms with Gasteiger partial charge >= 0.3 is 0 Å². The molecule has 0 saturated heterocycles. The van der Waals surface area contributed by atoms with Crippen molar-refractivity contribution < 1.29 is 9.59 Å². The van der Waals surface area contributed by atoms with Crippen LogP contribution in [0.5, 0.6) is 0 Å². The predicted molar refractivity (Wildman–Crippen MR) is 81.0 cm³/mol. The molecule has 0 aliphatic carbocycles. The van der Waals surface area contributed by atoms with Gasteiger partial charge in [0, 0.05) is 16.9 Å². The van der Waals surface area contributed by atoms with E-state index in [1.54, 1.807) is 0 Å². The fourth-order valence-electron chi connectivity index (χ4n) is 1.80. The summed E-state index contributed by atoms with van der Waals surface area (Å²) >= 11 is 0. The maximum Gasteiger partial charge on any atom is 0.163 e. The van der Waals surface area contributed by atoms with Crippen molar-refractivity contribution in [1.29, 1.82) is 5.26 Å². The van der Waals surface area contributed by atoms with Crippen LogP contribution >= 0.6 is 0 Å². The van der Waals surface area contributed by atoms with Crippen LogP contribution in [-0.2, 0) is 9.59 Å². The number of carbonyl (C=O) groups excluding carboxylic acids is 2. The summed E-state index contributed by atoms with van der Waals surface area (Å²) in [5.41, 5.74) is -0.149. The molecule has 3 heteroatoms. The molecule has 0 amide bonds. The molecule has 110 valence electrons. The molecular formula is C17H25NO2. The summed E-state index contributed by atoms with van der Waals surface area (Å²) in [7, 11) is 0. The molecule has 0 heterocycles. The Morgan fingerprint density at radius 1 is 1.15 bits per heavy atom. The van der Waals surface area contributed by atoms with Crippen molar-refractivity contribution in [3.05, 3.63) is 23.8 Å². The second-order valence-corrected chi connectivity index (χ2v) is 6.72. The molecule has 0 aliphatic heterocycles. The van der Waals surface area contributed by atoms with Gasteiger partial charge in [0.1, 0.15) is 0 Å². The van der Waals surface area contributed by atoms with Gasteiger partial charge in [0.05, 0.1) is 6.07 Å². The average molecular weight is 275 g/mol. The molecule has 0 aromatic carbocycles. The third-order valence-corrected chi connectivity index (χ3v) is 3.24. The summed E-state index contributed by atoms with van der Waals surface area (Å²) in [6.45, 7) is 11.2. The van der Waals surface area contributed by atoms with Gasteiger partial charge in [0.15, 0.2) is 11.6 Å². The second kappa shape index (κ2) is 7.19. The highest BCUT2D eigenvalue weighted by Crippen LogP contribution is 2.26. The quantitative estimate of drug-likeness (QED) is 0.543. The van der Waals surface area contributed by atoms with E-state index in [9.17, 15) is 9.59 Å². The molecule has 0 saturated carbocycles. The number of hydrogen-bond donors (Lipinski definition) is 0.